The van der Waals surface area contributed by atoms with Crippen LogP contribution in [0.5, 0.6) is 0 Å². The molecule has 2 rings (SSSR count). The molecule has 0 amide bonds. The van der Waals surface area contributed by atoms with E-state index in [9.17, 15) is 5.11 Å². The van der Waals surface area contributed by atoms with E-state index in [4.69, 9.17) is 0 Å². The molecule has 0 aliphatic carbocycles. The van der Waals surface area contributed by atoms with Gasteiger partial charge in [0.25, 0.3) is 0 Å². The van der Waals surface area contributed by atoms with Gasteiger partial charge >= 0.3 is 0 Å². The van der Waals surface area contributed by atoms with Crippen molar-refractivity contribution in [2.75, 3.05) is 13.6 Å². The predicted octanol–water partition coefficient (Wildman–Crippen LogP) is 2.14. The third-order valence-corrected chi connectivity index (χ3v) is 4.16. The van der Waals surface area contributed by atoms with Gasteiger partial charge in [-0.25, -0.2) is 0 Å². The maximum atomic E-state index is 10.9. The van der Waals surface area contributed by atoms with E-state index in [-0.39, 0.29) is 6.04 Å². The first-order valence-electron chi connectivity index (χ1n) is 6.01. The molecule has 1 saturated heterocycles. The number of aromatic nitrogens is 2. The Morgan fingerprint density at radius 2 is 2.24 bits per heavy atom. The molecule has 2 atom stereocenters. The summed E-state index contributed by atoms with van der Waals surface area (Å²) in [7, 11) is 2.05. The first-order valence-corrected chi connectivity index (χ1v) is 6.80. The van der Waals surface area contributed by atoms with Crippen LogP contribution in [0.2, 0.25) is 0 Å². The molecule has 1 aliphatic heterocycles. The van der Waals surface area contributed by atoms with Crippen LogP contribution in [0.25, 0.3) is 0 Å². The van der Waals surface area contributed by atoms with Crippen LogP contribution in [0.15, 0.2) is 10.7 Å². The highest BCUT2D eigenvalue weighted by molar-refractivity contribution is 9.10. The van der Waals surface area contributed by atoms with Crippen molar-refractivity contribution < 1.29 is 5.11 Å². The monoisotopic (exact) mass is 301 g/mol. The van der Waals surface area contributed by atoms with E-state index >= 15 is 0 Å². The van der Waals surface area contributed by atoms with Crippen molar-refractivity contribution in [3.63, 3.8) is 0 Å². The predicted molar refractivity (Wildman–Crippen MR) is 70.9 cm³/mol. The number of hydrogen-bond donors (Lipinski definition) is 1. The van der Waals surface area contributed by atoms with Gasteiger partial charge in [-0.3, -0.25) is 4.68 Å². The van der Waals surface area contributed by atoms with E-state index in [0.717, 1.165) is 16.6 Å². The summed E-state index contributed by atoms with van der Waals surface area (Å²) in [4.78, 5) is 2.18. The first kappa shape index (κ1) is 13.1. The maximum absolute atomic E-state index is 10.9. The SMILES string of the molecule is CC1CC(O)(c2c(Br)cnn2C(C)C)CN1C. The zero-order chi connectivity index (χ0) is 12.8. The summed E-state index contributed by atoms with van der Waals surface area (Å²) in [5, 5.41) is 15.2. The van der Waals surface area contributed by atoms with E-state index < -0.39 is 5.60 Å². The van der Waals surface area contributed by atoms with Gasteiger partial charge in [0.05, 0.1) is 16.4 Å². The minimum Gasteiger partial charge on any atom is -0.382 e. The molecule has 1 aromatic rings. The van der Waals surface area contributed by atoms with Crippen molar-refractivity contribution in [3.8, 4) is 0 Å². The molecule has 1 aromatic heterocycles. The number of halogens is 1. The van der Waals surface area contributed by atoms with E-state index in [1.54, 1.807) is 6.20 Å². The van der Waals surface area contributed by atoms with E-state index in [1.165, 1.54) is 0 Å². The molecule has 2 unspecified atom stereocenters. The summed E-state index contributed by atoms with van der Waals surface area (Å²) in [5.41, 5.74) is 0.108. The summed E-state index contributed by atoms with van der Waals surface area (Å²) < 4.78 is 2.81. The van der Waals surface area contributed by atoms with Crippen LogP contribution in [0.4, 0.5) is 0 Å². The smallest absolute Gasteiger partial charge is 0.121 e. The Bertz CT molecular complexity index is 406. The Morgan fingerprint density at radius 3 is 2.71 bits per heavy atom. The largest absolute Gasteiger partial charge is 0.382 e. The second kappa shape index (κ2) is 4.37. The molecular weight excluding hydrogens is 282 g/mol. The molecule has 1 fully saturated rings. The fraction of sp³-hybridized carbons (Fsp3) is 0.750. The first-order chi connectivity index (χ1) is 7.85. The van der Waals surface area contributed by atoms with Crippen molar-refractivity contribution >= 4 is 15.9 Å². The summed E-state index contributed by atoms with van der Waals surface area (Å²) in [5.74, 6) is 0. The third kappa shape index (κ3) is 2.16. The van der Waals surface area contributed by atoms with Crippen molar-refractivity contribution in [2.45, 2.75) is 44.9 Å². The van der Waals surface area contributed by atoms with Crippen molar-refractivity contribution in [2.24, 2.45) is 0 Å². The van der Waals surface area contributed by atoms with Crippen molar-refractivity contribution in [3.05, 3.63) is 16.4 Å². The summed E-state index contributed by atoms with van der Waals surface area (Å²) in [6.45, 7) is 6.95. The molecule has 0 radical (unpaired) electrons. The van der Waals surface area contributed by atoms with E-state index in [1.807, 2.05) is 11.7 Å². The lowest BCUT2D eigenvalue weighted by atomic mass is 9.96. The lowest BCUT2D eigenvalue weighted by Crippen LogP contribution is -2.33. The summed E-state index contributed by atoms with van der Waals surface area (Å²) in [6.07, 6.45) is 2.52. The molecule has 17 heavy (non-hydrogen) atoms. The second-order valence-corrected chi connectivity index (χ2v) is 6.23. The van der Waals surface area contributed by atoms with E-state index in [0.29, 0.717) is 12.6 Å². The minimum atomic E-state index is -0.798. The van der Waals surface area contributed by atoms with Crippen LogP contribution in [0, 0.1) is 0 Å². The zero-order valence-electron chi connectivity index (χ0n) is 10.8. The van der Waals surface area contributed by atoms with Crippen LogP contribution in [-0.4, -0.2) is 39.4 Å². The average Bonchev–Trinajstić information content (AvgIpc) is 2.70. The Morgan fingerprint density at radius 1 is 1.59 bits per heavy atom. The number of β-amino-alcohol motifs (C(OH)–C–C–N with tert-alkyl or cyclic N) is 1. The quantitative estimate of drug-likeness (QED) is 0.910. The Kier molecular flexibility index (Phi) is 3.36. The molecule has 4 nitrogen and oxygen atoms in total. The van der Waals surface area contributed by atoms with E-state index in [2.05, 4.69) is 46.7 Å². The fourth-order valence-electron chi connectivity index (χ4n) is 2.62. The van der Waals surface area contributed by atoms with Gasteiger partial charge in [-0.15, -0.1) is 0 Å². The van der Waals surface area contributed by atoms with Crippen LogP contribution in [0.3, 0.4) is 0 Å². The molecular formula is C12H20BrN3O. The van der Waals surface area contributed by atoms with Gasteiger partial charge < -0.3 is 10.0 Å². The summed E-state index contributed by atoms with van der Waals surface area (Å²) >= 11 is 3.51. The summed E-state index contributed by atoms with van der Waals surface area (Å²) in [6, 6.07) is 0.643. The molecule has 0 bridgehead atoms. The lowest BCUT2D eigenvalue weighted by Gasteiger charge is -2.25. The van der Waals surface area contributed by atoms with Crippen LogP contribution in [0.1, 0.15) is 38.9 Å². The van der Waals surface area contributed by atoms with Crippen molar-refractivity contribution in [1.82, 2.24) is 14.7 Å². The Labute approximate surface area is 111 Å². The van der Waals surface area contributed by atoms with Gasteiger partial charge in [0.2, 0.25) is 0 Å². The maximum Gasteiger partial charge on any atom is 0.121 e. The van der Waals surface area contributed by atoms with Gasteiger partial charge in [-0.05, 0) is 50.2 Å². The molecule has 1 N–H and O–H groups in total. The van der Waals surface area contributed by atoms with Gasteiger partial charge in [0.15, 0.2) is 0 Å². The second-order valence-electron chi connectivity index (χ2n) is 5.38. The normalized spacial score (nSPS) is 30.4. The minimum absolute atomic E-state index is 0.251. The number of likely N-dealkylation sites (N-methyl/N-ethyl adjacent to an activating group) is 1. The van der Waals surface area contributed by atoms with Gasteiger partial charge in [0.1, 0.15) is 5.60 Å². The van der Waals surface area contributed by atoms with Crippen LogP contribution in [-0.2, 0) is 5.60 Å². The molecule has 0 saturated carbocycles. The topological polar surface area (TPSA) is 41.3 Å². The number of hydrogen-bond acceptors (Lipinski definition) is 3. The molecule has 0 aromatic carbocycles. The van der Waals surface area contributed by atoms with Crippen molar-refractivity contribution in [1.29, 1.82) is 0 Å². The molecule has 96 valence electrons. The van der Waals surface area contributed by atoms with Crippen LogP contribution < -0.4 is 0 Å². The average molecular weight is 302 g/mol. The van der Waals surface area contributed by atoms with Gasteiger partial charge in [-0.1, -0.05) is 0 Å². The number of likely N-dealkylation sites (tertiary alicyclic amines) is 1. The highest BCUT2D eigenvalue weighted by Gasteiger charge is 2.44. The Hall–Kier alpha value is -0.390. The zero-order valence-corrected chi connectivity index (χ0v) is 12.4. The van der Waals surface area contributed by atoms with Gasteiger partial charge in [0, 0.05) is 18.6 Å². The third-order valence-electron chi connectivity index (χ3n) is 3.58. The lowest BCUT2D eigenvalue weighted by molar-refractivity contribution is 0.0373. The standard InChI is InChI=1S/C12H20BrN3O/c1-8(2)16-11(10(13)6-14-16)12(17)5-9(3)15(4)7-12/h6,8-9,17H,5,7H2,1-4H3. The number of rotatable bonds is 2. The van der Waals surface area contributed by atoms with Crippen LogP contribution >= 0.6 is 15.9 Å². The molecule has 1 aliphatic rings. The fourth-order valence-corrected chi connectivity index (χ4v) is 3.26. The highest BCUT2D eigenvalue weighted by Crippen LogP contribution is 2.39. The van der Waals surface area contributed by atoms with Gasteiger partial charge in [-0.2, -0.15) is 5.10 Å². The Balaban J connectivity index is 2.43. The number of aliphatic hydroxyl groups is 1. The molecule has 0 spiro atoms. The molecule has 2 heterocycles. The molecule has 5 heteroatoms. The number of nitrogens with zero attached hydrogens (tertiary/aromatic N) is 3. The highest BCUT2D eigenvalue weighted by atomic mass is 79.9.